The summed E-state index contributed by atoms with van der Waals surface area (Å²) in [6.07, 6.45) is 3.83. The molecule has 2 aromatic rings. The number of benzene rings is 1. The summed E-state index contributed by atoms with van der Waals surface area (Å²) >= 11 is 0. The van der Waals surface area contributed by atoms with E-state index < -0.39 is 0 Å². The fourth-order valence-electron chi connectivity index (χ4n) is 3.82. The molecular formula is C20H23N3O3. The fraction of sp³-hybridized carbons (Fsp3) is 0.400. The summed E-state index contributed by atoms with van der Waals surface area (Å²) in [5.74, 6) is 0.324. The Morgan fingerprint density at radius 2 is 2.00 bits per heavy atom. The van der Waals surface area contributed by atoms with E-state index in [4.69, 9.17) is 4.42 Å². The van der Waals surface area contributed by atoms with Crippen LogP contribution in [0.15, 0.2) is 41.0 Å². The molecule has 1 fully saturated rings. The molecule has 6 nitrogen and oxygen atoms in total. The molecule has 2 amide bonds. The summed E-state index contributed by atoms with van der Waals surface area (Å²) in [7, 11) is 1.96. The molecular weight excluding hydrogens is 330 g/mol. The van der Waals surface area contributed by atoms with Gasteiger partial charge in [-0.1, -0.05) is 18.2 Å². The van der Waals surface area contributed by atoms with Gasteiger partial charge in [-0.25, -0.2) is 0 Å². The van der Waals surface area contributed by atoms with Gasteiger partial charge in [0.1, 0.15) is 0 Å². The fourth-order valence-corrected chi connectivity index (χ4v) is 3.82. The van der Waals surface area contributed by atoms with Crippen molar-refractivity contribution in [2.45, 2.75) is 31.8 Å². The molecule has 0 bridgehead atoms. The number of amides is 2. The topological polar surface area (TPSA) is 65.8 Å². The Bertz CT molecular complexity index is 821. The van der Waals surface area contributed by atoms with Gasteiger partial charge in [0.25, 0.3) is 5.91 Å². The second-order valence-electron chi connectivity index (χ2n) is 6.92. The van der Waals surface area contributed by atoms with Crippen molar-refractivity contribution in [2.75, 3.05) is 25.0 Å². The van der Waals surface area contributed by atoms with E-state index >= 15 is 0 Å². The molecule has 6 heteroatoms. The molecule has 0 radical (unpaired) electrons. The van der Waals surface area contributed by atoms with Gasteiger partial charge < -0.3 is 19.5 Å². The Kier molecular flexibility index (Phi) is 4.51. The van der Waals surface area contributed by atoms with E-state index in [1.807, 2.05) is 36.2 Å². The lowest BCUT2D eigenvalue weighted by Gasteiger charge is -2.31. The molecule has 0 aliphatic carbocycles. The first kappa shape index (κ1) is 16.8. The summed E-state index contributed by atoms with van der Waals surface area (Å²) in [6.45, 7) is 1.80. The normalized spacial score (nSPS) is 17.7. The molecule has 2 aliphatic rings. The van der Waals surface area contributed by atoms with E-state index in [1.54, 1.807) is 11.0 Å². The van der Waals surface area contributed by atoms with Gasteiger partial charge in [0.05, 0.1) is 19.2 Å². The highest BCUT2D eigenvalue weighted by atomic mass is 16.3. The number of nitrogens with zero attached hydrogens (tertiary/aromatic N) is 2. The molecule has 1 aromatic heterocycles. The summed E-state index contributed by atoms with van der Waals surface area (Å²) < 4.78 is 5.52. The predicted octanol–water partition coefficient (Wildman–Crippen LogP) is 2.19. The van der Waals surface area contributed by atoms with Gasteiger partial charge in [-0.05, 0) is 37.6 Å². The third-order valence-electron chi connectivity index (χ3n) is 5.39. The number of anilines is 1. The van der Waals surface area contributed by atoms with Gasteiger partial charge in [0.2, 0.25) is 5.91 Å². The minimum atomic E-state index is -0.0838. The highest BCUT2D eigenvalue weighted by Gasteiger charge is 2.31. The van der Waals surface area contributed by atoms with Crippen LogP contribution < -0.4 is 10.2 Å². The Labute approximate surface area is 152 Å². The average Bonchev–Trinajstić information content (AvgIpc) is 3.26. The summed E-state index contributed by atoms with van der Waals surface area (Å²) in [5.41, 5.74) is 2.71. The predicted molar refractivity (Wildman–Crippen MR) is 98.0 cm³/mol. The molecule has 0 saturated carbocycles. The number of carbonyl (C=O) groups excluding carboxylic acids is 2. The lowest BCUT2D eigenvalue weighted by atomic mass is 10.0. The molecule has 136 valence electrons. The summed E-state index contributed by atoms with van der Waals surface area (Å²) in [5, 5.41) is 3.27. The van der Waals surface area contributed by atoms with Crippen LogP contribution in [0.5, 0.6) is 0 Å². The van der Waals surface area contributed by atoms with Crippen LogP contribution in [-0.4, -0.2) is 42.9 Å². The van der Waals surface area contributed by atoms with Crippen molar-refractivity contribution in [1.29, 1.82) is 0 Å². The van der Waals surface area contributed by atoms with Gasteiger partial charge in [-0.3, -0.25) is 9.59 Å². The minimum Gasteiger partial charge on any atom is -0.459 e. The second kappa shape index (κ2) is 6.96. The zero-order valence-corrected chi connectivity index (χ0v) is 14.9. The molecule has 4 rings (SSSR count). The molecule has 3 heterocycles. The zero-order chi connectivity index (χ0) is 18.1. The number of fused-ring (bicyclic) bond motifs is 1. The van der Waals surface area contributed by atoms with E-state index in [0.717, 1.165) is 42.7 Å². The van der Waals surface area contributed by atoms with Crippen molar-refractivity contribution in [2.24, 2.45) is 0 Å². The van der Waals surface area contributed by atoms with E-state index in [2.05, 4.69) is 5.32 Å². The number of likely N-dealkylation sites (tertiary alicyclic amines) is 1. The highest BCUT2D eigenvalue weighted by Crippen LogP contribution is 2.31. The number of hydrogen-bond donors (Lipinski definition) is 1. The Morgan fingerprint density at radius 3 is 2.77 bits per heavy atom. The van der Waals surface area contributed by atoms with Crippen LogP contribution in [0.25, 0.3) is 0 Å². The molecule has 1 N–H and O–H groups in total. The number of hydrogen-bond acceptors (Lipinski definition) is 4. The van der Waals surface area contributed by atoms with Crippen molar-refractivity contribution in [3.63, 3.8) is 0 Å². The van der Waals surface area contributed by atoms with Crippen molar-refractivity contribution >= 4 is 17.5 Å². The summed E-state index contributed by atoms with van der Waals surface area (Å²) in [6, 6.07) is 10.1. The van der Waals surface area contributed by atoms with Crippen LogP contribution >= 0.6 is 0 Å². The van der Waals surface area contributed by atoms with E-state index in [9.17, 15) is 9.59 Å². The maximum absolute atomic E-state index is 12.9. The van der Waals surface area contributed by atoms with Gasteiger partial charge in [-0.15, -0.1) is 0 Å². The smallest absolute Gasteiger partial charge is 0.289 e. The average molecular weight is 353 g/mol. The lowest BCUT2D eigenvalue weighted by Crippen LogP contribution is -2.44. The largest absolute Gasteiger partial charge is 0.459 e. The van der Waals surface area contributed by atoms with Crippen LogP contribution in [0.2, 0.25) is 0 Å². The maximum atomic E-state index is 12.9. The minimum absolute atomic E-state index is 0.0561. The zero-order valence-electron chi connectivity index (χ0n) is 14.9. The number of furan rings is 1. The SMILES string of the molecule is CNC1CCN(C(=O)c2occc2CN2C(=O)Cc3ccccc32)CC1. The molecule has 0 unspecified atom stereocenters. The Morgan fingerprint density at radius 1 is 1.23 bits per heavy atom. The molecule has 26 heavy (non-hydrogen) atoms. The molecule has 1 aromatic carbocycles. The van der Waals surface area contributed by atoms with Gasteiger partial charge >= 0.3 is 0 Å². The van der Waals surface area contributed by atoms with Crippen molar-refractivity contribution in [3.8, 4) is 0 Å². The van der Waals surface area contributed by atoms with Crippen molar-refractivity contribution in [1.82, 2.24) is 10.2 Å². The molecule has 0 atom stereocenters. The van der Waals surface area contributed by atoms with E-state index in [0.29, 0.717) is 24.8 Å². The number of nitrogens with one attached hydrogen (secondary N) is 1. The highest BCUT2D eigenvalue weighted by molar-refractivity contribution is 6.01. The quantitative estimate of drug-likeness (QED) is 0.915. The van der Waals surface area contributed by atoms with Crippen LogP contribution in [0.4, 0.5) is 5.69 Å². The number of rotatable bonds is 4. The first-order valence-corrected chi connectivity index (χ1v) is 9.08. The van der Waals surface area contributed by atoms with E-state index in [1.165, 1.54) is 6.26 Å². The summed E-state index contributed by atoms with van der Waals surface area (Å²) in [4.78, 5) is 28.9. The third-order valence-corrected chi connectivity index (χ3v) is 5.39. The standard InChI is InChI=1S/C20H23N3O3/c1-21-16-6-9-22(10-7-16)20(25)19-15(8-11-26-19)13-23-17-5-3-2-4-14(17)12-18(23)24/h2-5,8,11,16,21H,6-7,9-10,12-13H2,1H3. The second-order valence-corrected chi connectivity index (χ2v) is 6.92. The monoisotopic (exact) mass is 353 g/mol. The number of para-hydroxylation sites is 1. The van der Waals surface area contributed by atoms with Crippen LogP contribution in [0.3, 0.4) is 0 Å². The number of carbonyl (C=O) groups is 2. The Hall–Kier alpha value is -2.60. The molecule has 0 spiro atoms. The van der Waals surface area contributed by atoms with Crippen LogP contribution in [-0.2, 0) is 17.8 Å². The first-order valence-electron chi connectivity index (χ1n) is 9.08. The number of piperidine rings is 1. The van der Waals surface area contributed by atoms with Gasteiger partial charge in [-0.2, -0.15) is 0 Å². The van der Waals surface area contributed by atoms with Gasteiger partial charge in [0.15, 0.2) is 5.76 Å². The van der Waals surface area contributed by atoms with Crippen molar-refractivity contribution < 1.29 is 14.0 Å². The van der Waals surface area contributed by atoms with Crippen molar-refractivity contribution in [3.05, 3.63) is 53.5 Å². The lowest BCUT2D eigenvalue weighted by molar-refractivity contribution is -0.117. The Balaban J connectivity index is 1.51. The first-order chi connectivity index (χ1) is 12.7. The van der Waals surface area contributed by atoms with Crippen LogP contribution in [0.1, 0.15) is 34.5 Å². The third kappa shape index (κ3) is 3.01. The molecule has 1 saturated heterocycles. The van der Waals surface area contributed by atoms with Crippen LogP contribution in [0, 0.1) is 0 Å². The van der Waals surface area contributed by atoms with E-state index in [-0.39, 0.29) is 11.8 Å². The van der Waals surface area contributed by atoms with Gasteiger partial charge in [0, 0.05) is 30.4 Å². The molecule has 2 aliphatic heterocycles. The maximum Gasteiger partial charge on any atom is 0.289 e.